The van der Waals surface area contributed by atoms with Crippen LogP contribution in [0.4, 0.5) is 0 Å². The zero-order valence-corrected chi connectivity index (χ0v) is 19.0. The van der Waals surface area contributed by atoms with Crippen LogP contribution >= 0.6 is 15.2 Å². The first-order valence-corrected chi connectivity index (χ1v) is 13.7. The summed E-state index contributed by atoms with van der Waals surface area (Å²) in [6.07, 6.45) is 4.02. The molecule has 0 aromatic heterocycles. The first-order chi connectivity index (χ1) is 12.1. The fraction of sp³-hybridized carbons (Fsp3) is 0.500. The van der Waals surface area contributed by atoms with E-state index >= 15 is 0 Å². The Morgan fingerprint density at radius 2 is 1.27 bits per heavy atom. The quantitative estimate of drug-likeness (QED) is 0.438. The van der Waals surface area contributed by atoms with E-state index in [1.807, 2.05) is 0 Å². The van der Waals surface area contributed by atoms with Gasteiger partial charge in [-0.1, -0.05) is 69.3 Å². The van der Waals surface area contributed by atoms with Gasteiger partial charge in [-0.05, 0) is 62.3 Å². The molecule has 2 aromatic carbocycles. The molecule has 2 aromatic rings. The fourth-order valence-electron chi connectivity index (χ4n) is 5.05. The van der Waals surface area contributed by atoms with Gasteiger partial charge in [-0.2, -0.15) is 0 Å². The molecule has 2 aliphatic heterocycles. The number of benzene rings is 2. The summed E-state index contributed by atoms with van der Waals surface area (Å²) in [6.45, 7) is 15.1. The molecular formula is C24H33P2+. The Labute approximate surface area is 161 Å². The van der Waals surface area contributed by atoms with Crippen LogP contribution in [0.5, 0.6) is 0 Å². The maximum Gasteiger partial charge on any atom is 0.114 e. The Bertz CT molecular complexity index is 798. The van der Waals surface area contributed by atoms with Crippen LogP contribution in [0.1, 0.15) is 69.2 Å². The lowest BCUT2D eigenvalue weighted by atomic mass is 10.1. The van der Waals surface area contributed by atoms with Gasteiger partial charge in [-0.15, -0.1) is 0 Å². The molecule has 26 heavy (non-hydrogen) atoms. The van der Waals surface area contributed by atoms with Crippen LogP contribution in [-0.2, 0) is 18.5 Å². The van der Waals surface area contributed by atoms with E-state index in [1.54, 1.807) is 22.3 Å². The molecule has 0 nitrogen and oxygen atoms in total. The van der Waals surface area contributed by atoms with Crippen LogP contribution in [0.15, 0.2) is 48.5 Å². The molecule has 0 fully saturated rings. The standard InChI is InChI=1S/C24H33P2/c1-23(2,3)25-15-18-11-9-10-14-21(18)22(25)26(24(4,5)6)16-19-12-7-8-13-20(19)17-26/h7-14,22H,15-17H2,1-6H3/q+1/t22-,25-/m1/s1. The Hall–Kier alpha value is -0.700. The third kappa shape index (κ3) is 2.80. The molecule has 0 amide bonds. The third-order valence-corrected chi connectivity index (χ3v) is 17.8. The SMILES string of the molecule is CC(C)(C)[P@]1Cc2ccccc2[C@H]1[P+]1(C(C)(C)C)Cc2ccccc2C1. The lowest BCUT2D eigenvalue weighted by molar-refractivity contribution is 0.750. The summed E-state index contributed by atoms with van der Waals surface area (Å²) in [5, 5.41) is 1.60. The second kappa shape index (κ2) is 6.15. The van der Waals surface area contributed by atoms with Gasteiger partial charge in [0.05, 0.1) is 17.5 Å². The van der Waals surface area contributed by atoms with Gasteiger partial charge in [-0.3, -0.25) is 0 Å². The van der Waals surface area contributed by atoms with E-state index in [4.69, 9.17) is 0 Å². The van der Waals surface area contributed by atoms with Crippen molar-refractivity contribution in [1.82, 2.24) is 0 Å². The van der Waals surface area contributed by atoms with Crippen LogP contribution in [0.2, 0.25) is 0 Å². The molecule has 2 heterocycles. The lowest BCUT2D eigenvalue weighted by Crippen LogP contribution is -2.26. The highest BCUT2D eigenvalue weighted by Crippen LogP contribution is 2.93. The van der Waals surface area contributed by atoms with Crippen LogP contribution in [0.3, 0.4) is 0 Å². The number of hydrogen-bond donors (Lipinski definition) is 0. The summed E-state index contributed by atoms with van der Waals surface area (Å²) in [5.41, 5.74) is 6.65. The van der Waals surface area contributed by atoms with E-state index in [1.165, 1.54) is 18.5 Å². The third-order valence-electron chi connectivity index (χ3n) is 6.66. The Morgan fingerprint density at radius 3 is 1.77 bits per heavy atom. The Balaban J connectivity index is 1.91. The van der Waals surface area contributed by atoms with E-state index in [0.717, 1.165) is 5.40 Å². The molecule has 0 saturated carbocycles. The van der Waals surface area contributed by atoms with Crippen LogP contribution < -0.4 is 0 Å². The second-order valence-corrected chi connectivity index (χ2v) is 18.2. The molecule has 0 bridgehead atoms. The summed E-state index contributed by atoms with van der Waals surface area (Å²) in [4.78, 5) is 0. The van der Waals surface area contributed by atoms with Crippen LogP contribution in [0.25, 0.3) is 0 Å². The first kappa shape index (κ1) is 18.7. The molecule has 138 valence electrons. The Kier molecular flexibility index (Phi) is 4.42. The molecule has 2 heteroatoms. The maximum atomic E-state index is 2.55. The minimum absolute atomic E-state index is 0.0535. The van der Waals surface area contributed by atoms with Crippen molar-refractivity contribution in [3.63, 3.8) is 0 Å². The summed E-state index contributed by atoms with van der Waals surface area (Å²) < 4.78 is 0. The van der Waals surface area contributed by atoms with Gasteiger partial charge < -0.3 is 0 Å². The van der Waals surface area contributed by atoms with Gasteiger partial charge in [0, 0.05) is 7.26 Å². The molecule has 0 aliphatic carbocycles. The first-order valence-electron chi connectivity index (χ1n) is 9.92. The predicted octanol–water partition coefficient (Wildman–Crippen LogP) is 8.01. The molecule has 2 atom stereocenters. The topological polar surface area (TPSA) is 0 Å². The van der Waals surface area contributed by atoms with Crippen molar-refractivity contribution in [1.29, 1.82) is 0 Å². The van der Waals surface area contributed by atoms with Crippen molar-refractivity contribution in [3.05, 3.63) is 70.8 Å². The minimum Gasteiger partial charge on any atom is -0.0620 e. The Morgan fingerprint density at radius 1 is 0.769 bits per heavy atom. The van der Waals surface area contributed by atoms with Gasteiger partial charge >= 0.3 is 0 Å². The zero-order chi connectivity index (χ0) is 18.7. The molecule has 4 rings (SSSR count). The average molecular weight is 383 g/mol. The minimum atomic E-state index is -1.22. The van der Waals surface area contributed by atoms with Crippen molar-refractivity contribution in [2.45, 2.75) is 75.7 Å². The maximum absolute atomic E-state index is 2.55. The predicted molar refractivity (Wildman–Crippen MR) is 120 cm³/mol. The van der Waals surface area contributed by atoms with Gasteiger partial charge in [0.2, 0.25) is 0 Å². The molecule has 0 radical (unpaired) electrons. The summed E-state index contributed by atoms with van der Waals surface area (Å²) in [5.74, 6) is 0. The van der Waals surface area contributed by atoms with E-state index in [-0.39, 0.29) is 7.92 Å². The molecule has 0 unspecified atom stereocenters. The monoisotopic (exact) mass is 383 g/mol. The van der Waals surface area contributed by atoms with Crippen LogP contribution in [0, 0.1) is 0 Å². The number of fused-ring (bicyclic) bond motifs is 2. The van der Waals surface area contributed by atoms with Crippen molar-refractivity contribution >= 4 is 15.2 Å². The van der Waals surface area contributed by atoms with E-state index in [2.05, 4.69) is 90.1 Å². The number of rotatable bonds is 1. The molecule has 0 N–H and O–H groups in total. The molecule has 0 saturated heterocycles. The van der Waals surface area contributed by atoms with Crippen LogP contribution in [-0.4, -0.2) is 10.3 Å². The van der Waals surface area contributed by atoms with Gasteiger partial charge in [0.25, 0.3) is 0 Å². The largest absolute Gasteiger partial charge is 0.114 e. The lowest BCUT2D eigenvalue weighted by Gasteiger charge is -2.45. The average Bonchev–Trinajstić information content (AvgIpc) is 3.13. The summed E-state index contributed by atoms with van der Waals surface area (Å²) in [7, 11) is -1.27. The van der Waals surface area contributed by atoms with Crippen molar-refractivity contribution in [3.8, 4) is 0 Å². The summed E-state index contributed by atoms with van der Waals surface area (Å²) >= 11 is 0. The van der Waals surface area contributed by atoms with Crippen molar-refractivity contribution < 1.29 is 0 Å². The number of hydrogen-bond acceptors (Lipinski definition) is 0. The van der Waals surface area contributed by atoms with Crippen molar-refractivity contribution in [2.24, 2.45) is 0 Å². The van der Waals surface area contributed by atoms with Gasteiger partial charge in [-0.25, -0.2) is 0 Å². The van der Waals surface area contributed by atoms with E-state index in [9.17, 15) is 0 Å². The fourth-order valence-corrected chi connectivity index (χ4v) is 17.4. The van der Waals surface area contributed by atoms with Gasteiger partial charge in [0.15, 0.2) is 0 Å². The summed E-state index contributed by atoms with van der Waals surface area (Å²) in [6, 6.07) is 18.7. The smallest absolute Gasteiger partial charge is 0.0620 e. The van der Waals surface area contributed by atoms with Gasteiger partial charge in [0.1, 0.15) is 5.40 Å². The van der Waals surface area contributed by atoms with Crippen molar-refractivity contribution in [2.75, 3.05) is 0 Å². The normalized spacial score (nSPS) is 24.4. The highest BCUT2D eigenvalue weighted by Gasteiger charge is 2.63. The molecular weight excluding hydrogens is 350 g/mol. The van der Waals surface area contributed by atoms with E-state index < -0.39 is 7.26 Å². The second-order valence-electron chi connectivity index (χ2n) is 10.2. The highest BCUT2D eigenvalue weighted by atomic mass is 31.2. The molecule has 0 spiro atoms. The molecule has 2 aliphatic rings. The van der Waals surface area contributed by atoms with E-state index in [0.29, 0.717) is 10.3 Å². The highest BCUT2D eigenvalue weighted by molar-refractivity contribution is 7.86. The zero-order valence-electron chi connectivity index (χ0n) is 17.2.